The minimum Gasteiger partial charge on any atom is -0.497 e. The number of methoxy groups -OCH3 is 1. The Hall–Kier alpha value is -3.72. The van der Waals surface area contributed by atoms with Gasteiger partial charge in [0.05, 0.1) is 18.3 Å². The van der Waals surface area contributed by atoms with Crippen LogP contribution in [-0.4, -0.2) is 36.7 Å². The lowest BCUT2D eigenvalue weighted by atomic mass is 10.1. The number of nitrogens with one attached hydrogen (secondary N) is 5. The number of aromatic nitrogens is 1. The van der Waals surface area contributed by atoms with Gasteiger partial charge in [-0.25, -0.2) is 20.4 Å². The summed E-state index contributed by atoms with van der Waals surface area (Å²) in [5.41, 5.74) is 6.87. The van der Waals surface area contributed by atoms with E-state index >= 15 is 0 Å². The highest BCUT2D eigenvalue weighted by Crippen LogP contribution is 2.28. The highest BCUT2D eigenvalue weighted by molar-refractivity contribution is 6.30. The lowest BCUT2D eigenvalue weighted by Crippen LogP contribution is -2.48. The number of carbonyl (C=O) groups is 2. The molecule has 0 aliphatic heterocycles. The zero-order valence-corrected chi connectivity index (χ0v) is 19.2. The van der Waals surface area contributed by atoms with Gasteiger partial charge in [-0.05, 0) is 50.1 Å². The van der Waals surface area contributed by atoms with Crippen molar-refractivity contribution in [2.24, 2.45) is 0 Å². The summed E-state index contributed by atoms with van der Waals surface area (Å²) < 4.78 is 5.39. The van der Waals surface area contributed by atoms with Crippen molar-refractivity contribution in [1.82, 2.24) is 21.2 Å². The Balaban J connectivity index is 1.37. The number of halogens is 1. The van der Waals surface area contributed by atoms with Crippen LogP contribution in [0.1, 0.15) is 19.8 Å². The number of hydrazine groups is 1. The lowest BCUT2D eigenvalue weighted by Gasteiger charge is -2.17. The number of benzene rings is 2. The standard InChI is InChI=1S/C23H27ClN6O3/c1-15(27-20-14-19(33-2)12-16-7-5-10-25-21(16)20)6-4-11-26-22(31)29-30-23(32)28-18-9-3-8-17(24)13-18/h3,5,7-10,12-15,27H,4,6,11H2,1-2H3,(H2,26,29,31)(H2,28,30,32). The quantitative estimate of drug-likeness (QED) is 0.245. The lowest BCUT2D eigenvalue weighted by molar-refractivity contribution is 0.229. The molecule has 0 aliphatic carbocycles. The molecule has 0 fully saturated rings. The summed E-state index contributed by atoms with van der Waals surface area (Å²) >= 11 is 5.87. The summed E-state index contributed by atoms with van der Waals surface area (Å²) in [5.74, 6) is 0.760. The van der Waals surface area contributed by atoms with Gasteiger partial charge in [0.2, 0.25) is 0 Å². The minimum absolute atomic E-state index is 0.147. The molecule has 1 unspecified atom stereocenters. The van der Waals surface area contributed by atoms with Gasteiger partial charge in [0, 0.05) is 40.9 Å². The van der Waals surface area contributed by atoms with Gasteiger partial charge in [-0.15, -0.1) is 0 Å². The molecule has 33 heavy (non-hydrogen) atoms. The number of carbonyl (C=O) groups excluding carboxylic acids is 2. The molecule has 0 bridgehead atoms. The van der Waals surface area contributed by atoms with E-state index in [-0.39, 0.29) is 6.04 Å². The number of nitrogens with zero attached hydrogens (tertiary/aromatic N) is 1. The molecule has 0 saturated heterocycles. The number of urea groups is 2. The van der Waals surface area contributed by atoms with Crippen LogP contribution in [0.2, 0.25) is 5.02 Å². The maximum absolute atomic E-state index is 11.9. The van der Waals surface area contributed by atoms with E-state index in [9.17, 15) is 9.59 Å². The smallest absolute Gasteiger partial charge is 0.337 e. The normalized spacial score (nSPS) is 11.4. The van der Waals surface area contributed by atoms with Crippen molar-refractivity contribution in [3.05, 3.63) is 59.8 Å². The minimum atomic E-state index is -0.579. The molecule has 5 N–H and O–H groups in total. The first kappa shape index (κ1) is 23.9. The van der Waals surface area contributed by atoms with E-state index < -0.39 is 12.1 Å². The second kappa shape index (κ2) is 11.8. The van der Waals surface area contributed by atoms with Gasteiger partial charge in [-0.2, -0.15) is 0 Å². The number of pyridine rings is 1. The topological polar surface area (TPSA) is 116 Å². The molecule has 1 aromatic heterocycles. The third-order valence-corrected chi connectivity index (χ3v) is 5.02. The van der Waals surface area contributed by atoms with Crippen LogP contribution in [-0.2, 0) is 0 Å². The highest BCUT2D eigenvalue weighted by atomic mass is 35.5. The molecular weight excluding hydrogens is 444 g/mol. The summed E-state index contributed by atoms with van der Waals surface area (Å²) in [6.07, 6.45) is 3.32. The molecule has 0 spiro atoms. The Labute approximate surface area is 197 Å². The number of hydrogen-bond donors (Lipinski definition) is 5. The van der Waals surface area contributed by atoms with Crippen molar-refractivity contribution in [3.8, 4) is 5.75 Å². The third kappa shape index (κ3) is 7.43. The van der Waals surface area contributed by atoms with Crippen LogP contribution >= 0.6 is 11.6 Å². The summed E-state index contributed by atoms with van der Waals surface area (Å²) in [5, 5.41) is 10.2. The second-order valence-electron chi connectivity index (χ2n) is 7.41. The first-order chi connectivity index (χ1) is 15.9. The van der Waals surface area contributed by atoms with E-state index in [0.717, 1.165) is 35.2 Å². The van der Waals surface area contributed by atoms with E-state index in [1.165, 1.54) is 0 Å². The van der Waals surface area contributed by atoms with E-state index in [1.54, 1.807) is 37.6 Å². The maximum Gasteiger partial charge on any atom is 0.337 e. The van der Waals surface area contributed by atoms with Gasteiger partial charge in [-0.1, -0.05) is 23.7 Å². The number of ether oxygens (including phenoxy) is 1. The zero-order chi connectivity index (χ0) is 23.6. The predicted octanol–water partition coefficient (Wildman–Crippen LogP) is 4.51. The number of fused-ring (bicyclic) bond motifs is 1. The number of anilines is 2. The van der Waals surface area contributed by atoms with Crippen molar-refractivity contribution in [1.29, 1.82) is 0 Å². The number of amides is 4. The van der Waals surface area contributed by atoms with E-state index in [0.29, 0.717) is 17.3 Å². The number of rotatable bonds is 8. The molecule has 9 nitrogen and oxygen atoms in total. The molecule has 10 heteroatoms. The molecule has 2 aromatic carbocycles. The molecule has 1 heterocycles. The molecule has 3 rings (SSSR count). The SMILES string of the molecule is COc1cc(NC(C)CCCNC(=O)NNC(=O)Nc2cccc(Cl)c2)c2ncccc2c1. The molecule has 0 radical (unpaired) electrons. The van der Waals surface area contributed by atoms with Crippen LogP contribution in [0.3, 0.4) is 0 Å². The van der Waals surface area contributed by atoms with Crippen LogP contribution in [0.15, 0.2) is 54.7 Å². The highest BCUT2D eigenvalue weighted by Gasteiger charge is 2.10. The summed E-state index contributed by atoms with van der Waals surface area (Å²) in [6, 6.07) is 13.5. The predicted molar refractivity (Wildman–Crippen MR) is 131 cm³/mol. The Kier molecular flexibility index (Phi) is 8.54. The van der Waals surface area contributed by atoms with Crippen LogP contribution < -0.4 is 31.5 Å². The molecule has 3 aromatic rings. The van der Waals surface area contributed by atoms with E-state index in [1.807, 2.05) is 24.3 Å². The average molecular weight is 471 g/mol. The van der Waals surface area contributed by atoms with Crippen LogP contribution in [0.5, 0.6) is 5.75 Å². The van der Waals surface area contributed by atoms with Gasteiger partial charge in [0.25, 0.3) is 0 Å². The van der Waals surface area contributed by atoms with Crippen LogP contribution in [0.25, 0.3) is 10.9 Å². The van der Waals surface area contributed by atoms with Crippen LogP contribution in [0, 0.1) is 0 Å². The van der Waals surface area contributed by atoms with Gasteiger partial charge in [0.15, 0.2) is 0 Å². The second-order valence-corrected chi connectivity index (χ2v) is 7.84. The molecule has 1 atom stereocenters. The van der Waals surface area contributed by atoms with Crippen molar-refractivity contribution in [3.63, 3.8) is 0 Å². The van der Waals surface area contributed by atoms with Crippen LogP contribution in [0.4, 0.5) is 21.0 Å². The van der Waals surface area contributed by atoms with Gasteiger partial charge >= 0.3 is 12.1 Å². The van der Waals surface area contributed by atoms with Gasteiger partial charge < -0.3 is 20.7 Å². The Bertz CT molecular complexity index is 1110. The summed E-state index contributed by atoms with van der Waals surface area (Å²) in [4.78, 5) is 28.2. The average Bonchev–Trinajstić information content (AvgIpc) is 2.80. The van der Waals surface area contributed by atoms with E-state index in [4.69, 9.17) is 16.3 Å². The zero-order valence-electron chi connectivity index (χ0n) is 18.4. The third-order valence-electron chi connectivity index (χ3n) is 4.79. The molecule has 0 aliphatic rings. The summed E-state index contributed by atoms with van der Waals surface area (Å²) in [7, 11) is 1.64. The monoisotopic (exact) mass is 470 g/mol. The molecular formula is C23H27ClN6O3. The van der Waals surface area contributed by atoms with Crippen molar-refractivity contribution in [2.75, 3.05) is 24.3 Å². The maximum atomic E-state index is 11.9. The fourth-order valence-corrected chi connectivity index (χ4v) is 3.42. The van der Waals surface area contributed by atoms with Crippen molar-refractivity contribution >= 4 is 45.9 Å². The first-order valence-corrected chi connectivity index (χ1v) is 10.9. The van der Waals surface area contributed by atoms with Crippen molar-refractivity contribution < 1.29 is 14.3 Å². The summed E-state index contributed by atoms with van der Waals surface area (Å²) in [6.45, 7) is 2.52. The Morgan fingerprint density at radius 2 is 1.91 bits per heavy atom. The van der Waals surface area contributed by atoms with Gasteiger partial charge in [-0.3, -0.25) is 4.98 Å². The molecule has 0 saturated carbocycles. The van der Waals surface area contributed by atoms with Crippen molar-refractivity contribution in [2.45, 2.75) is 25.8 Å². The first-order valence-electron chi connectivity index (χ1n) is 10.5. The van der Waals surface area contributed by atoms with E-state index in [2.05, 4.69) is 38.7 Å². The number of hydrogen-bond acceptors (Lipinski definition) is 5. The molecule has 4 amide bonds. The van der Waals surface area contributed by atoms with Gasteiger partial charge in [0.1, 0.15) is 5.75 Å². The molecule has 174 valence electrons. The fraction of sp³-hybridized carbons (Fsp3) is 0.261. The Morgan fingerprint density at radius 3 is 2.70 bits per heavy atom. The fourth-order valence-electron chi connectivity index (χ4n) is 3.23. The Morgan fingerprint density at radius 1 is 1.09 bits per heavy atom. The largest absolute Gasteiger partial charge is 0.497 e.